The minimum Gasteiger partial charge on any atom is -0.462 e. The van der Waals surface area contributed by atoms with Crippen molar-refractivity contribution in [2.24, 2.45) is 23.7 Å². The second-order valence-corrected chi connectivity index (χ2v) is 11.5. The SMILES string of the molecule is CC.CC1(c2cccc(O[C@@H]3OC(CO)[C@H](O)[C@H](O)C3O)c2)OOC12C1CCCC2C2CCCCC2C1. The van der Waals surface area contributed by atoms with E-state index in [2.05, 4.69) is 6.92 Å². The van der Waals surface area contributed by atoms with Gasteiger partial charge < -0.3 is 29.9 Å². The van der Waals surface area contributed by atoms with Crippen molar-refractivity contribution in [3.05, 3.63) is 29.8 Å². The molecule has 0 amide bonds. The maximum absolute atomic E-state index is 10.4. The third-order valence-electron chi connectivity index (χ3n) is 9.87. The zero-order chi connectivity index (χ0) is 26.4. The van der Waals surface area contributed by atoms with Crippen LogP contribution < -0.4 is 4.74 Å². The molecular weight excluding hydrogens is 476 g/mol. The van der Waals surface area contributed by atoms with E-state index in [-0.39, 0.29) is 5.60 Å². The molecule has 5 aliphatic rings. The summed E-state index contributed by atoms with van der Waals surface area (Å²) < 4.78 is 11.5. The third kappa shape index (κ3) is 4.24. The van der Waals surface area contributed by atoms with E-state index in [9.17, 15) is 20.4 Å². The van der Waals surface area contributed by atoms with Crippen LogP contribution >= 0.6 is 0 Å². The second kappa shape index (κ2) is 10.7. The molecular formula is C29H44O8. The maximum atomic E-state index is 10.4. The predicted molar refractivity (Wildman–Crippen MR) is 135 cm³/mol. The van der Waals surface area contributed by atoms with E-state index >= 15 is 0 Å². The average molecular weight is 521 g/mol. The van der Waals surface area contributed by atoms with Crippen LogP contribution in [0.15, 0.2) is 24.3 Å². The number of benzene rings is 1. The maximum Gasteiger partial charge on any atom is 0.229 e. The summed E-state index contributed by atoms with van der Waals surface area (Å²) in [5.74, 6) is 2.90. The summed E-state index contributed by atoms with van der Waals surface area (Å²) in [6, 6.07) is 7.58. The molecule has 0 aromatic heterocycles. The smallest absolute Gasteiger partial charge is 0.229 e. The predicted octanol–water partition coefficient (Wildman–Crippen LogP) is 3.43. The van der Waals surface area contributed by atoms with E-state index in [1.807, 2.05) is 32.0 Å². The van der Waals surface area contributed by atoms with Gasteiger partial charge in [0.2, 0.25) is 6.29 Å². The quantitative estimate of drug-likeness (QED) is 0.446. The normalized spacial score (nSPS) is 46.7. The van der Waals surface area contributed by atoms with Crippen LogP contribution in [0.1, 0.15) is 77.7 Å². The van der Waals surface area contributed by atoms with E-state index < -0.39 is 42.9 Å². The van der Waals surface area contributed by atoms with Crippen LogP contribution in [0.5, 0.6) is 5.75 Å². The first kappa shape index (κ1) is 27.3. The number of rotatable bonds is 4. The molecule has 8 nitrogen and oxygen atoms in total. The summed E-state index contributed by atoms with van der Waals surface area (Å²) in [6.07, 6.45) is 3.48. The highest BCUT2D eigenvalue weighted by atomic mass is 17.3. The molecule has 3 aliphatic carbocycles. The lowest BCUT2D eigenvalue weighted by Gasteiger charge is -2.68. The largest absolute Gasteiger partial charge is 0.462 e. The highest BCUT2D eigenvalue weighted by Crippen LogP contribution is 2.67. The number of aliphatic hydroxyl groups excluding tert-OH is 4. The van der Waals surface area contributed by atoms with E-state index in [0.717, 1.165) is 11.5 Å². The molecule has 2 bridgehead atoms. The molecule has 8 heteroatoms. The van der Waals surface area contributed by atoms with Crippen molar-refractivity contribution in [1.29, 1.82) is 0 Å². The van der Waals surface area contributed by atoms with Gasteiger partial charge in [0.15, 0.2) is 5.60 Å². The molecule has 208 valence electrons. The molecule has 2 saturated heterocycles. The van der Waals surface area contributed by atoms with Gasteiger partial charge in [-0.3, -0.25) is 0 Å². The molecule has 4 N–H and O–H groups in total. The molecule has 1 aromatic carbocycles. The lowest BCUT2D eigenvalue weighted by molar-refractivity contribution is -0.590. The summed E-state index contributed by atoms with van der Waals surface area (Å²) in [5.41, 5.74) is 0.00262. The van der Waals surface area contributed by atoms with Gasteiger partial charge in [-0.25, -0.2) is 9.78 Å². The number of hydrogen-bond acceptors (Lipinski definition) is 8. The average Bonchev–Trinajstić information content (AvgIpc) is 2.93. The molecule has 8 unspecified atom stereocenters. The van der Waals surface area contributed by atoms with Gasteiger partial charge in [-0.05, 0) is 74.0 Å². The van der Waals surface area contributed by atoms with Crippen LogP contribution in [-0.2, 0) is 20.1 Å². The fourth-order valence-electron chi connectivity index (χ4n) is 8.14. The van der Waals surface area contributed by atoms with Crippen molar-refractivity contribution in [1.82, 2.24) is 0 Å². The Morgan fingerprint density at radius 2 is 1.73 bits per heavy atom. The number of fused-ring (bicyclic) bond motifs is 2. The molecule has 11 atom stereocenters. The summed E-state index contributed by atoms with van der Waals surface area (Å²) in [6.45, 7) is 5.64. The van der Waals surface area contributed by atoms with Gasteiger partial charge in [-0.2, -0.15) is 0 Å². The van der Waals surface area contributed by atoms with Gasteiger partial charge in [0, 0.05) is 0 Å². The Morgan fingerprint density at radius 3 is 2.46 bits per heavy atom. The van der Waals surface area contributed by atoms with Crippen LogP contribution in [0.3, 0.4) is 0 Å². The van der Waals surface area contributed by atoms with Crippen LogP contribution in [0.2, 0.25) is 0 Å². The lowest BCUT2D eigenvalue weighted by Crippen LogP contribution is -2.74. The second-order valence-electron chi connectivity index (χ2n) is 11.5. The van der Waals surface area contributed by atoms with Gasteiger partial charge in [0.05, 0.1) is 6.61 Å². The molecule has 37 heavy (non-hydrogen) atoms. The summed E-state index contributed by atoms with van der Waals surface area (Å²) in [4.78, 5) is 12.2. The molecule has 2 heterocycles. The molecule has 3 saturated carbocycles. The van der Waals surface area contributed by atoms with Gasteiger partial charge in [0.1, 0.15) is 35.8 Å². The van der Waals surface area contributed by atoms with Gasteiger partial charge >= 0.3 is 0 Å². The summed E-state index contributed by atoms with van der Waals surface area (Å²) >= 11 is 0. The lowest BCUT2D eigenvalue weighted by atomic mass is 9.46. The molecule has 5 fully saturated rings. The van der Waals surface area contributed by atoms with Gasteiger partial charge in [0.25, 0.3) is 0 Å². The Balaban J connectivity index is 0.00000137. The van der Waals surface area contributed by atoms with Crippen molar-refractivity contribution < 1.29 is 39.7 Å². The van der Waals surface area contributed by atoms with Crippen LogP contribution in [-0.4, -0.2) is 63.3 Å². The molecule has 2 aliphatic heterocycles. The van der Waals surface area contributed by atoms with Crippen LogP contribution in [0.4, 0.5) is 0 Å². The van der Waals surface area contributed by atoms with Crippen molar-refractivity contribution in [2.45, 2.75) is 114 Å². The Bertz CT molecular complexity index is 925. The van der Waals surface area contributed by atoms with Crippen molar-refractivity contribution in [3.8, 4) is 5.75 Å². The van der Waals surface area contributed by atoms with Crippen LogP contribution in [0, 0.1) is 23.7 Å². The molecule has 6 rings (SSSR count). The van der Waals surface area contributed by atoms with E-state index in [1.54, 1.807) is 6.07 Å². The van der Waals surface area contributed by atoms with Gasteiger partial charge in [-0.15, -0.1) is 0 Å². The fraction of sp³-hybridized carbons (Fsp3) is 0.793. The number of ether oxygens (including phenoxy) is 2. The Morgan fingerprint density at radius 1 is 0.946 bits per heavy atom. The first-order chi connectivity index (χ1) is 17.9. The zero-order valence-electron chi connectivity index (χ0n) is 22.3. The summed E-state index contributed by atoms with van der Waals surface area (Å²) in [7, 11) is 0. The Labute approximate surface area is 219 Å². The van der Waals surface area contributed by atoms with Gasteiger partial charge in [-0.1, -0.05) is 51.7 Å². The Hall–Kier alpha value is -1.26. The van der Waals surface area contributed by atoms with Crippen LogP contribution in [0.25, 0.3) is 0 Å². The van der Waals surface area contributed by atoms with E-state index in [4.69, 9.17) is 19.2 Å². The van der Waals surface area contributed by atoms with E-state index in [0.29, 0.717) is 23.5 Å². The number of aliphatic hydroxyl groups is 4. The van der Waals surface area contributed by atoms with E-state index in [1.165, 1.54) is 51.4 Å². The minimum absolute atomic E-state index is 0.342. The van der Waals surface area contributed by atoms with Crippen molar-refractivity contribution in [2.75, 3.05) is 6.61 Å². The first-order valence-electron chi connectivity index (χ1n) is 14.3. The highest BCUT2D eigenvalue weighted by molar-refractivity contribution is 5.37. The summed E-state index contributed by atoms with van der Waals surface area (Å²) in [5, 5.41) is 40.1. The van der Waals surface area contributed by atoms with Crippen molar-refractivity contribution in [3.63, 3.8) is 0 Å². The topological polar surface area (TPSA) is 118 Å². The fourth-order valence-corrected chi connectivity index (χ4v) is 8.14. The monoisotopic (exact) mass is 520 g/mol. The number of hydrogen-bond donors (Lipinski definition) is 4. The standard InChI is InChI=1S/C27H38O8.C2H6/c1-26(27(35-34-26)17-8-5-11-20(27)19-10-3-2-6-15(19)12-17)16-7-4-9-18(13-16)32-25-24(31)23(30)22(29)21(14-28)33-25;1-2/h4,7,9,13,15,17,19-25,28-31H,2-3,5-6,8,10-12,14H2,1H3;1-2H3/t15?,17?,19?,20?,21?,22-,23-,24?,25+,26?,27?;/m0./s1. The van der Waals surface area contributed by atoms with Crippen molar-refractivity contribution >= 4 is 0 Å². The molecule has 1 aromatic rings. The molecule has 1 spiro atoms. The third-order valence-corrected chi connectivity index (χ3v) is 9.87. The highest BCUT2D eigenvalue weighted by Gasteiger charge is 2.73. The first-order valence-corrected chi connectivity index (χ1v) is 14.3. The molecule has 0 radical (unpaired) electrons. The Kier molecular flexibility index (Phi) is 7.91. The minimum atomic E-state index is -1.48. The zero-order valence-corrected chi connectivity index (χ0v) is 22.3.